The van der Waals surface area contributed by atoms with Gasteiger partial charge in [-0.3, -0.25) is 0 Å². The second-order valence-electron chi connectivity index (χ2n) is 16.4. The molecule has 2 aromatic heterocycles. The predicted octanol–water partition coefficient (Wildman–Crippen LogP) is 16.5. The van der Waals surface area contributed by atoms with E-state index >= 15 is 0 Å². The molecule has 0 atom stereocenters. The van der Waals surface area contributed by atoms with Crippen molar-refractivity contribution < 1.29 is 0 Å². The number of fused-ring (bicyclic) bond motifs is 6. The molecule has 0 saturated heterocycles. The monoisotopic (exact) mass is 686 g/mol. The molecule has 0 radical (unpaired) electrons. The normalized spacial score (nSPS) is 15.4. The fourth-order valence-corrected chi connectivity index (χ4v) is 11.9. The second kappa shape index (κ2) is 17.2. The van der Waals surface area contributed by atoms with E-state index in [1.54, 1.807) is 52.9 Å². The topological polar surface area (TPSA) is 0 Å². The van der Waals surface area contributed by atoms with Crippen molar-refractivity contribution in [3.8, 4) is 20.9 Å². The first-order chi connectivity index (χ1) is 23.3. The lowest BCUT2D eigenvalue weighted by atomic mass is 9.68. The van der Waals surface area contributed by atoms with E-state index in [9.17, 15) is 0 Å². The van der Waals surface area contributed by atoms with E-state index in [2.05, 4.69) is 102 Å². The minimum Gasteiger partial charge on any atom is -0.140 e. The highest BCUT2D eigenvalue weighted by atomic mass is 32.1. The molecule has 266 valence electrons. The van der Waals surface area contributed by atoms with Crippen LogP contribution in [0.15, 0.2) is 24.3 Å². The molecule has 5 rings (SSSR count). The van der Waals surface area contributed by atoms with Crippen LogP contribution in [-0.2, 0) is 10.8 Å². The summed E-state index contributed by atoms with van der Waals surface area (Å²) in [6.45, 7) is 19.1. The molecule has 0 amide bonds. The predicted molar refractivity (Wildman–Crippen MR) is 218 cm³/mol. The molecule has 0 aliphatic heterocycles. The van der Waals surface area contributed by atoms with Gasteiger partial charge in [-0.05, 0) is 95.2 Å². The van der Waals surface area contributed by atoms with Crippen LogP contribution < -0.4 is 0 Å². The van der Waals surface area contributed by atoms with Crippen molar-refractivity contribution in [2.45, 2.75) is 206 Å². The summed E-state index contributed by atoms with van der Waals surface area (Å²) in [4.78, 5) is 6.49. The minimum atomic E-state index is 0.177. The van der Waals surface area contributed by atoms with E-state index in [0.717, 1.165) is 0 Å². The van der Waals surface area contributed by atoms with Crippen LogP contribution in [0.25, 0.3) is 20.9 Å². The van der Waals surface area contributed by atoms with Crippen molar-refractivity contribution in [2.24, 2.45) is 0 Å². The van der Waals surface area contributed by atoms with E-state index < -0.39 is 0 Å². The highest BCUT2D eigenvalue weighted by Gasteiger charge is 2.49. The van der Waals surface area contributed by atoms with Gasteiger partial charge in [0.05, 0.1) is 0 Å². The molecule has 0 unspecified atom stereocenters. The largest absolute Gasteiger partial charge is 0.140 e. The van der Waals surface area contributed by atoms with E-state index in [1.165, 1.54) is 128 Å². The lowest BCUT2D eigenvalue weighted by molar-refractivity contribution is 0.397. The lowest BCUT2D eigenvalue weighted by Crippen LogP contribution is -2.27. The first kappa shape index (κ1) is 37.9. The van der Waals surface area contributed by atoms with Crippen LogP contribution in [0.5, 0.6) is 0 Å². The summed E-state index contributed by atoms with van der Waals surface area (Å²) in [6, 6.07) is 11.0. The Balaban J connectivity index is 1.71. The SMILES string of the molecule is CCCCCCC1(CCCCCC)c2cc3c(cc2-c2sc(C(C)C)cc21)C(CCCCCC)(CCCCCC)c1cc(C(C)C)sc1-3. The van der Waals surface area contributed by atoms with Crippen LogP contribution in [0, 0.1) is 0 Å². The highest BCUT2D eigenvalue weighted by Crippen LogP contribution is 2.64. The first-order valence-corrected chi connectivity index (χ1v) is 22.4. The summed E-state index contributed by atoms with van der Waals surface area (Å²) in [5.41, 5.74) is 10.5. The van der Waals surface area contributed by atoms with Gasteiger partial charge >= 0.3 is 0 Å². The zero-order valence-corrected chi connectivity index (χ0v) is 34.1. The Kier molecular flexibility index (Phi) is 13.6. The summed E-state index contributed by atoms with van der Waals surface area (Å²) >= 11 is 4.30. The number of unbranched alkanes of at least 4 members (excludes halogenated alkanes) is 12. The Morgan fingerprint density at radius 1 is 0.417 bits per heavy atom. The van der Waals surface area contributed by atoms with Crippen LogP contribution in [0.3, 0.4) is 0 Å². The van der Waals surface area contributed by atoms with Gasteiger partial charge in [-0.2, -0.15) is 0 Å². The molecular formula is C46H70S2. The number of hydrogen-bond acceptors (Lipinski definition) is 2. The van der Waals surface area contributed by atoms with Gasteiger partial charge in [0, 0.05) is 30.3 Å². The average Bonchev–Trinajstić information content (AvgIpc) is 3.82. The molecule has 2 heteroatoms. The van der Waals surface area contributed by atoms with Gasteiger partial charge in [0.1, 0.15) is 0 Å². The van der Waals surface area contributed by atoms with Crippen LogP contribution >= 0.6 is 22.7 Å². The van der Waals surface area contributed by atoms with E-state index in [0.29, 0.717) is 11.8 Å². The Hall–Kier alpha value is -1.38. The van der Waals surface area contributed by atoms with Crippen LogP contribution in [0.4, 0.5) is 0 Å². The molecule has 2 aliphatic carbocycles. The summed E-state index contributed by atoms with van der Waals surface area (Å²) < 4.78 is 0. The van der Waals surface area contributed by atoms with E-state index in [1.807, 2.05) is 0 Å². The fourth-order valence-electron chi connectivity index (χ4n) is 9.30. The molecule has 0 saturated carbocycles. The first-order valence-electron chi connectivity index (χ1n) is 20.8. The summed E-state index contributed by atoms with van der Waals surface area (Å²) in [5.74, 6) is 1.18. The molecule has 3 aromatic rings. The van der Waals surface area contributed by atoms with Crippen LogP contribution in [0.1, 0.15) is 228 Å². The van der Waals surface area contributed by atoms with E-state index in [4.69, 9.17) is 0 Å². The third-order valence-electron chi connectivity index (χ3n) is 12.2. The molecule has 0 nitrogen and oxygen atoms in total. The third-order valence-corrected chi connectivity index (χ3v) is 15.1. The maximum atomic E-state index is 2.82. The summed E-state index contributed by atoms with van der Waals surface area (Å²) in [6.07, 6.45) is 26.9. The van der Waals surface area contributed by atoms with Crippen molar-refractivity contribution in [1.82, 2.24) is 0 Å². The smallest absolute Gasteiger partial charge is 0.0390 e. The molecule has 0 spiro atoms. The highest BCUT2D eigenvalue weighted by molar-refractivity contribution is 7.16. The van der Waals surface area contributed by atoms with Gasteiger partial charge in [-0.25, -0.2) is 0 Å². The van der Waals surface area contributed by atoms with Gasteiger partial charge < -0.3 is 0 Å². The molecular weight excluding hydrogens is 617 g/mol. The van der Waals surface area contributed by atoms with Crippen LogP contribution in [0.2, 0.25) is 0 Å². The number of hydrogen-bond donors (Lipinski definition) is 0. The maximum Gasteiger partial charge on any atom is 0.0390 e. The minimum absolute atomic E-state index is 0.177. The van der Waals surface area contributed by atoms with Crippen molar-refractivity contribution in [2.75, 3.05) is 0 Å². The standard InChI is InChI=1S/C46H70S2/c1-9-13-17-21-25-45(26-22-18-14-10-2)37-29-36-38(30-35(37)43-39(45)31-41(47-43)33(5)6)46(27-23-19-15-11-3,28-24-20-16-12-4)40-32-42(34(7)8)48-44(36)40/h29-34H,9-28H2,1-8H3. The second-order valence-corrected chi connectivity index (χ2v) is 18.6. The number of benzene rings is 1. The van der Waals surface area contributed by atoms with Gasteiger partial charge in [0.25, 0.3) is 0 Å². The molecule has 1 aromatic carbocycles. The zero-order chi connectivity index (χ0) is 34.3. The third kappa shape index (κ3) is 7.47. The molecule has 0 fully saturated rings. The fraction of sp³-hybridized carbons (Fsp3) is 0.696. The van der Waals surface area contributed by atoms with E-state index in [-0.39, 0.29) is 10.8 Å². The van der Waals surface area contributed by atoms with Gasteiger partial charge in [-0.1, -0.05) is 158 Å². The molecule has 2 heterocycles. The Morgan fingerprint density at radius 2 is 0.729 bits per heavy atom. The number of thiophene rings is 2. The van der Waals surface area contributed by atoms with Crippen LogP contribution in [-0.4, -0.2) is 0 Å². The summed E-state index contributed by atoms with van der Waals surface area (Å²) in [5, 5.41) is 0. The lowest BCUT2D eigenvalue weighted by Gasteiger charge is -2.35. The average molecular weight is 687 g/mol. The van der Waals surface area contributed by atoms with Gasteiger partial charge in [0.2, 0.25) is 0 Å². The maximum absolute atomic E-state index is 2.82. The Bertz CT molecular complexity index is 1310. The number of rotatable bonds is 22. The molecule has 0 bridgehead atoms. The quantitative estimate of drug-likeness (QED) is 0.0923. The zero-order valence-electron chi connectivity index (χ0n) is 32.4. The van der Waals surface area contributed by atoms with Gasteiger partial charge in [-0.15, -0.1) is 22.7 Å². The van der Waals surface area contributed by atoms with Crippen molar-refractivity contribution in [3.63, 3.8) is 0 Å². The van der Waals surface area contributed by atoms with Crippen molar-refractivity contribution in [1.29, 1.82) is 0 Å². The molecule has 48 heavy (non-hydrogen) atoms. The molecule has 0 N–H and O–H groups in total. The molecule has 2 aliphatic rings. The Labute approximate surface area is 304 Å². The van der Waals surface area contributed by atoms with Crippen molar-refractivity contribution in [3.05, 3.63) is 56.3 Å². The summed E-state index contributed by atoms with van der Waals surface area (Å²) in [7, 11) is 0. The van der Waals surface area contributed by atoms with Crippen molar-refractivity contribution >= 4 is 22.7 Å². The Morgan fingerprint density at radius 3 is 1.00 bits per heavy atom. The van der Waals surface area contributed by atoms with Gasteiger partial charge in [0.15, 0.2) is 0 Å².